The van der Waals surface area contributed by atoms with Crippen molar-refractivity contribution in [3.05, 3.63) is 114 Å². The molecule has 0 aliphatic heterocycles. The summed E-state index contributed by atoms with van der Waals surface area (Å²) in [4.78, 5) is 4.61. The minimum Gasteiger partial charge on any atom is -0.248 e. The summed E-state index contributed by atoms with van der Waals surface area (Å²) in [6.07, 6.45) is 16.2. The third kappa shape index (κ3) is 4.65. The fourth-order valence-electron chi connectivity index (χ4n) is 2.32. The van der Waals surface area contributed by atoms with Gasteiger partial charge in [-0.05, 0) is 23.8 Å². The molecule has 1 heteroatoms. The van der Waals surface area contributed by atoms with Gasteiger partial charge in [-0.1, -0.05) is 97.1 Å². The first kappa shape index (κ1) is 15.7. The number of hydrogen-bond donors (Lipinski definition) is 0. The van der Waals surface area contributed by atoms with Crippen molar-refractivity contribution in [1.82, 2.24) is 4.98 Å². The first-order valence-electron chi connectivity index (χ1n) is 8.01. The lowest BCUT2D eigenvalue weighted by molar-refractivity contribution is 1.37. The molecule has 0 atom stereocenters. The molecule has 0 bridgehead atoms. The minimum absolute atomic E-state index is 0.964. The zero-order chi connectivity index (χ0) is 16.5. The van der Waals surface area contributed by atoms with Crippen LogP contribution in [0.4, 0.5) is 0 Å². The highest BCUT2D eigenvalue weighted by Crippen LogP contribution is 2.12. The molecule has 0 saturated carbocycles. The van der Waals surface area contributed by atoms with Gasteiger partial charge < -0.3 is 0 Å². The molecule has 0 aliphatic rings. The number of aromatic nitrogens is 1. The van der Waals surface area contributed by atoms with Crippen molar-refractivity contribution >= 4 is 23.1 Å². The van der Waals surface area contributed by atoms with Crippen LogP contribution in [0.5, 0.6) is 0 Å². The van der Waals surface area contributed by atoms with E-state index in [2.05, 4.69) is 35.3 Å². The lowest BCUT2D eigenvalue weighted by atomic mass is 10.2. The molecule has 1 heterocycles. The van der Waals surface area contributed by atoms with E-state index in [1.165, 1.54) is 10.9 Å². The van der Waals surface area contributed by atoms with Crippen molar-refractivity contribution in [3.63, 3.8) is 0 Å². The molecule has 1 aromatic heterocycles. The van der Waals surface area contributed by atoms with Crippen LogP contribution in [0.3, 0.4) is 0 Å². The molecule has 24 heavy (non-hydrogen) atoms. The van der Waals surface area contributed by atoms with Crippen LogP contribution in [0.2, 0.25) is 0 Å². The summed E-state index contributed by atoms with van der Waals surface area (Å²) >= 11 is 0. The van der Waals surface area contributed by atoms with Crippen LogP contribution in [0, 0.1) is 0 Å². The molecule has 0 aliphatic carbocycles. The molecule has 0 spiro atoms. The van der Waals surface area contributed by atoms with Crippen molar-refractivity contribution < 1.29 is 0 Å². The number of benzene rings is 2. The topological polar surface area (TPSA) is 12.9 Å². The van der Waals surface area contributed by atoms with Crippen LogP contribution in [0.1, 0.15) is 11.3 Å². The Hall–Kier alpha value is -3.19. The van der Waals surface area contributed by atoms with Gasteiger partial charge in [0.2, 0.25) is 0 Å². The molecule has 0 unspecified atom stereocenters. The summed E-state index contributed by atoms with van der Waals surface area (Å²) in [7, 11) is 0. The second-order valence-electron chi connectivity index (χ2n) is 5.33. The van der Waals surface area contributed by atoms with E-state index >= 15 is 0 Å². The summed E-state index contributed by atoms with van der Waals surface area (Å²) in [6.45, 7) is 0. The number of pyridine rings is 1. The predicted octanol–water partition coefficient (Wildman–Crippen LogP) is 6.07. The van der Waals surface area contributed by atoms with E-state index in [1.807, 2.05) is 85.0 Å². The van der Waals surface area contributed by atoms with E-state index < -0.39 is 0 Å². The van der Waals surface area contributed by atoms with Crippen molar-refractivity contribution in [2.24, 2.45) is 0 Å². The van der Waals surface area contributed by atoms with Crippen LogP contribution >= 0.6 is 0 Å². The highest BCUT2D eigenvalue weighted by molar-refractivity contribution is 5.79. The molecule has 0 N–H and O–H groups in total. The molecule has 3 rings (SSSR count). The van der Waals surface area contributed by atoms with Gasteiger partial charge in [0.1, 0.15) is 0 Å². The number of rotatable bonds is 5. The fourth-order valence-corrected chi connectivity index (χ4v) is 2.32. The van der Waals surface area contributed by atoms with E-state index in [1.54, 1.807) is 0 Å². The summed E-state index contributed by atoms with van der Waals surface area (Å²) in [5.41, 5.74) is 3.19. The van der Waals surface area contributed by atoms with Crippen molar-refractivity contribution in [3.8, 4) is 0 Å². The second-order valence-corrected chi connectivity index (χ2v) is 5.33. The Bertz CT molecular complexity index is 899. The monoisotopic (exact) mass is 309 g/mol. The van der Waals surface area contributed by atoms with E-state index in [0.717, 1.165) is 11.2 Å². The minimum atomic E-state index is 0.964. The number of hydrogen-bond acceptors (Lipinski definition) is 1. The fraction of sp³-hybridized carbons (Fsp3) is 0. The molecule has 116 valence electrons. The highest BCUT2D eigenvalue weighted by Gasteiger charge is 1.93. The lowest BCUT2D eigenvalue weighted by Gasteiger charge is -1.97. The quantitative estimate of drug-likeness (QED) is 0.521. The van der Waals surface area contributed by atoms with Crippen molar-refractivity contribution in [1.29, 1.82) is 0 Å². The highest BCUT2D eigenvalue weighted by atomic mass is 14.7. The number of allylic oxidation sites excluding steroid dienone is 6. The zero-order valence-corrected chi connectivity index (χ0v) is 13.4. The number of fused-ring (bicyclic) bond motifs is 1. The van der Waals surface area contributed by atoms with Gasteiger partial charge in [-0.2, -0.15) is 0 Å². The second kappa shape index (κ2) is 8.44. The average molecular weight is 309 g/mol. The SMILES string of the molecule is C(=Cc1ccc2ccccc2n1)/C=C/C=C/C=C/c1ccccc1. The molecule has 0 amide bonds. The Labute approximate surface area is 143 Å². The summed E-state index contributed by atoms with van der Waals surface area (Å²) in [6, 6.07) is 22.5. The Morgan fingerprint density at radius 1 is 0.542 bits per heavy atom. The van der Waals surface area contributed by atoms with Gasteiger partial charge in [0, 0.05) is 5.39 Å². The van der Waals surface area contributed by atoms with Gasteiger partial charge in [0.25, 0.3) is 0 Å². The maximum absolute atomic E-state index is 4.61. The first-order valence-corrected chi connectivity index (χ1v) is 8.01. The maximum Gasteiger partial charge on any atom is 0.0709 e. The lowest BCUT2D eigenvalue weighted by Crippen LogP contribution is -1.81. The smallest absolute Gasteiger partial charge is 0.0709 e. The Kier molecular flexibility index (Phi) is 5.52. The Balaban J connectivity index is 1.54. The first-order chi connectivity index (χ1) is 11.9. The van der Waals surface area contributed by atoms with Crippen molar-refractivity contribution in [2.75, 3.05) is 0 Å². The van der Waals surface area contributed by atoms with Crippen LogP contribution in [-0.4, -0.2) is 4.98 Å². The van der Waals surface area contributed by atoms with Crippen LogP contribution in [-0.2, 0) is 0 Å². The maximum atomic E-state index is 4.61. The molecular weight excluding hydrogens is 290 g/mol. The third-order valence-corrected chi connectivity index (χ3v) is 3.53. The van der Waals surface area contributed by atoms with Crippen LogP contribution in [0.15, 0.2) is 103 Å². The van der Waals surface area contributed by atoms with E-state index in [-0.39, 0.29) is 0 Å². The molecular formula is C23H19N. The van der Waals surface area contributed by atoms with Gasteiger partial charge in [-0.3, -0.25) is 0 Å². The van der Waals surface area contributed by atoms with Gasteiger partial charge in [-0.25, -0.2) is 4.98 Å². The van der Waals surface area contributed by atoms with Crippen LogP contribution < -0.4 is 0 Å². The molecule has 3 aromatic rings. The third-order valence-electron chi connectivity index (χ3n) is 3.53. The van der Waals surface area contributed by atoms with E-state index in [0.29, 0.717) is 0 Å². The largest absolute Gasteiger partial charge is 0.248 e. The molecule has 2 aromatic carbocycles. The standard InChI is InChI=1S/C23H19N/c1(3-6-12-20-13-7-5-8-14-20)2-4-9-16-22-19-18-21-15-10-11-17-23(21)24-22/h1-19H/b3-1+,4-2+,12-6+,16-9?. The van der Waals surface area contributed by atoms with Gasteiger partial charge in [0.05, 0.1) is 11.2 Å². The summed E-state index contributed by atoms with van der Waals surface area (Å²) in [5, 5.41) is 1.17. The zero-order valence-electron chi connectivity index (χ0n) is 13.4. The number of para-hydroxylation sites is 1. The number of nitrogens with zero attached hydrogens (tertiary/aromatic N) is 1. The molecule has 1 nitrogen and oxygen atoms in total. The van der Waals surface area contributed by atoms with E-state index in [4.69, 9.17) is 0 Å². The Morgan fingerprint density at radius 2 is 1.21 bits per heavy atom. The molecule has 0 saturated heterocycles. The van der Waals surface area contributed by atoms with Crippen LogP contribution in [0.25, 0.3) is 23.1 Å². The molecule has 0 fully saturated rings. The van der Waals surface area contributed by atoms with Gasteiger partial charge in [0.15, 0.2) is 0 Å². The summed E-state index contributed by atoms with van der Waals surface area (Å²) < 4.78 is 0. The predicted molar refractivity (Wildman–Crippen MR) is 105 cm³/mol. The normalized spacial score (nSPS) is 12.3. The molecule has 0 radical (unpaired) electrons. The van der Waals surface area contributed by atoms with E-state index in [9.17, 15) is 0 Å². The van der Waals surface area contributed by atoms with Crippen molar-refractivity contribution in [2.45, 2.75) is 0 Å². The van der Waals surface area contributed by atoms with Gasteiger partial charge >= 0.3 is 0 Å². The Morgan fingerprint density at radius 3 is 2.04 bits per heavy atom. The summed E-state index contributed by atoms with van der Waals surface area (Å²) in [5.74, 6) is 0. The average Bonchev–Trinajstić information content (AvgIpc) is 2.64. The van der Waals surface area contributed by atoms with Gasteiger partial charge in [-0.15, -0.1) is 0 Å².